The van der Waals surface area contributed by atoms with Gasteiger partial charge in [-0.2, -0.15) is 15.2 Å². The molecule has 8 nitrogen and oxygen atoms in total. The van der Waals surface area contributed by atoms with Crippen molar-refractivity contribution in [3.05, 3.63) is 52.7 Å². The summed E-state index contributed by atoms with van der Waals surface area (Å²) in [6.07, 6.45) is 4.44. The summed E-state index contributed by atoms with van der Waals surface area (Å²) in [4.78, 5) is 17.2. The Kier molecular flexibility index (Phi) is 4.70. The van der Waals surface area contributed by atoms with Crippen molar-refractivity contribution in [1.29, 1.82) is 0 Å². The molecule has 0 atom stereocenters. The number of rotatable bonds is 5. The summed E-state index contributed by atoms with van der Waals surface area (Å²) >= 11 is 0. The van der Waals surface area contributed by atoms with Gasteiger partial charge in [0, 0.05) is 31.9 Å². The average molecular weight is 392 g/mol. The molecule has 4 rings (SSSR count). The molecule has 1 aromatic carbocycles. The Morgan fingerprint density at radius 1 is 1.14 bits per heavy atom. The van der Waals surface area contributed by atoms with E-state index in [1.807, 2.05) is 56.0 Å². The predicted molar refractivity (Wildman–Crippen MR) is 111 cm³/mol. The molecule has 0 aliphatic heterocycles. The van der Waals surface area contributed by atoms with Crippen molar-refractivity contribution in [1.82, 2.24) is 29.1 Å². The lowest BCUT2D eigenvalue weighted by molar-refractivity contribution is 0.413. The monoisotopic (exact) mass is 392 g/mol. The lowest BCUT2D eigenvalue weighted by atomic mass is 10.1. The summed E-state index contributed by atoms with van der Waals surface area (Å²) in [5.74, 6) is 0.605. The fourth-order valence-electron chi connectivity index (χ4n) is 3.37. The van der Waals surface area contributed by atoms with E-state index in [4.69, 9.17) is 4.74 Å². The molecular weight excluding hydrogens is 368 g/mol. The van der Waals surface area contributed by atoms with E-state index in [0.29, 0.717) is 16.8 Å². The van der Waals surface area contributed by atoms with Gasteiger partial charge in [0.15, 0.2) is 5.65 Å². The smallest absolute Gasteiger partial charge is 0.306 e. The number of aryl methyl sites for hydroxylation is 2. The highest BCUT2D eigenvalue weighted by molar-refractivity contribution is 5.74. The number of hydrogen-bond acceptors (Lipinski definition) is 5. The third kappa shape index (κ3) is 3.30. The Morgan fingerprint density at radius 2 is 1.86 bits per heavy atom. The first kappa shape index (κ1) is 18.9. The zero-order chi connectivity index (χ0) is 20.7. The van der Waals surface area contributed by atoms with Gasteiger partial charge in [-0.15, -0.1) is 0 Å². The summed E-state index contributed by atoms with van der Waals surface area (Å²) in [7, 11) is 3.57. The van der Waals surface area contributed by atoms with E-state index >= 15 is 0 Å². The van der Waals surface area contributed by atoms with E-state index < -0.39 is 0 Å². The van der Waals surface area contributed by atoms with Crippen LogP contribution >= 0.6 is 0 Å². The molecule has 0 fully saturated rings. The first-order chi connectivity index (χ1) is 13.9. The van der Waals surface area contributed by atoms with Gasteiger partial charge in [0.25, 0.3) is 5.56 Å². The Morgan fingerprint density at radius 3 is 2.52 bits per heavy atom. The molecule has 3 heterocycles. The van der Waals surface area contributed by atoms with Crippen molar-refractivity contribution < 1.29 is 4.74 Å². The molecule has 0 N–H and O–H groups in total. The van der Waals surface area contributed by atoms with E-state index in [9.17, 15) is 4.79 Å². The maximum atomic E-state index is 12.7. The van der Waals surface area contributed by atoms with E-state index in [0.717, 1.165) is 23.2 Å². The van der Waals surface area contributed by atoms with E-state index in [1.165, 1.54) is 4.57 Å². The predicted octanol–water partition coefficient (Wildman–Crippen LogP) is 3.47. The topological polar surface area (TPSA) is 79.8 Å². The fourth-order valence-corrected chi connectivity index (χ4v) is 3.37. The van der Waals surface area contributed by atoms with Crippen LogP contribution in [-0.2, 0) is 20.5 Å². The molecule has 0 unspecified atom stereocenters. The third-order valence-electron chi connectivity index (χ3n) is 4.90. The van der Waals surface area contributed by atoms with Gasteiger partial charge in [-0.1, -0.05) is 19.1 Å². The second kappa shape index (κ2) is 7.20. The molecule has 150 valence electrons. The van der Waals surface area contributed by atoms with Crippen LogP contribution in [0.1, 0.15) is 32.5 Å². The first-order valence-electron chi connectivity index (χ1n) is 9.64. The largest absolute Gasteiger partial charge is 0.425 e. The van der Waals surface area contributed by atoms with Crippen molar-refractivity contribution in [2.45, 2.75) is 33.2 Å². The number of hydrogen-bond donors (Lipinski definition) is 0. The molecule has 0 saturated heterocycles. The van der Waals surface area contributed by atoms with Crippen molar-refractivity contribution in [2.24, 2.45) is 14.1 Å². The molecule has 8 heteroatoms. The standard InChI is InChI=1S/C21H24N6O2/c1-6-18-17(12-25(4)24-18)14-7-9-15(10-8-14)29-21-23-19-16(20(28)26(21)5)11-22-27(19)13(2)3/h7-13H,6H2,1-5H3. The maximum Gasteiger partial charge on any atom is 0.306 e. The third-order valence-corrected chi connectivity index (χ3v) is 4.90. The van der Waals surface area contributed by atoms with Gasteiger partial charge in [0.1, 0.15) is 11.1 Å². The lowest BCUT2D eigenvalue weighted by Crippen LogP contribution is -2.20. The zero-order valence-corrected chi connectivity index (χ0v) is 17.2. The van der Waals surface area contributed by atoms with Crippen molar-refractivity contribution >= 4 is 11.0 Å². The van der Waals surface area contributed by atoms with Gasteiger partial charge in [-0.05, 0) is 38.0 Å². The summed E-state index contributed by atoms with van der Waals surface area (Å²) in [5.41, 5.74) is 3.57. The molecule has 0 aliphatic carbocycles. The number of nitrogens with zero attached hydrogens (tertiary/aromatic N) is 6. The molecule has 0 radical (unpaired) electrons. The SMILES string of the molecule is CCc1nn(C)cc1-c1ccc(Oc2nc3c(cnn3C(C)C)c(=O)n2C)cc1. The Labute approximate surface area is 168 Å². The van der Waals surface area contributed by atoms with Crippen LogP contribution < -0.4 is 10.3 Å². The molecule has 0 amide bonds. The minimum Gasteiger partial charge on any atom is -0.425 e. The van der Waals surface area contributed by atoms with E-state index in [2.05, 4.69) is 22.1 Å². The summed E-state index contributed by atoms with van der Waals surface area (Å²) in [6, 6.07) is 8.04. The summed E-state index contributed by atoms with van der Waals surface area (Å²) in [6.45, 7) is 6.08. The molecule has 0 bridgehead atoms. The Bertz CT molecular complexity index is 1230. The minimum atomic E-state index is -0.184. The lowest BCUT2D eigenvalue weighted by Gasteiger charge is -2.11. The molecule has 0 spiro atoms. The minimum absolute atomic E-state index is 0.0893. The van der Waals surface area contributed by atoms with Crippen LogP contribution in [0.15, 0.2) is 41.5 Å². The van der Waals surface area contributed by atoms with Crippen LogP contribution in [0.5, 0.6) is 11.8 Å². The average Bonchev–Trinajstić information content (AvgIpc) is 3.30. The van der Waals surface area contributed by atoms with Crippen LogP contribution in [-0.4, -0.2) is 29.1 Å². The van der Waals surface area contributed by atoms with Gasteiger partial charge in [-0.25, -0.2) is 4.68 Å². The number of fused-ring (bicyclic) bond motifs is 1. The fraction of sp³-hybridized carbons (Fsp3) is 0.333. The molecule has 0 aliphatic rings. The second-order valence-electron chi connectivity index (χ2n) is 7.32. The van der Waals surface area contributed by atoms with Crippen LogP contribution in [0.2, 0.25) is 0 Å². The highest BCUT2D eigenvalue weighted by Gasteiger charge is 2.16. The quantitative estimate of drug-likeness (QED) is 0.520. The first-order valence-corrected chi connectivity index (χ1v) is 9.64. The van der Waals surface area contributed by atoms with E-state index in [-0.39, 0.29) is 17.6 Å². The molecule has 4 aromatic rings. The van der Waals surface area contributed by atoms with E-state index in [1.54, 1.807) is 17.9 Å². The van der Waals surface area contributed by atoms with Crippen LogP contribution in [0.3, 0.4) is 0 Å². The highest BCUT2D eigenvalue weighted by Crippen LogP contribution is 2.27. The number of benzene rings is 1. The Balaban J connectivity index is 1.69. The van der Waals surface area contributed by atoms with Gasteiger partial charge < -0.3 is 4.74 Å². The summed E-state index contributed by atoms with van der Waals surface area (Å²) < 4.78 is 10.9. The molecule has 29 heavy (non-hydrogen) atoms. The van der Waals surface area contributed by atoms with Gasteiger partial charge in [-0.3, -0.25) is 14.0 Å². The van der Waals surface area contributed by atoms with Crippen LogP contribution in [0.25, 0.3) is 22.2 Å². The van der Waals surface area contributed by atoms with Gasteiger partial charge in [0.2, 0.25) is 0 Å². The molecule has 0 saturated carbocycles. The normalized spacial score (nSPS) is 11.5. The second-order valence-corrected chi connectivity index (χ2v) is 7.32. The maximum absolute atomic E-state index is 12.7. The van der Waals surface area contributed by atoms with Crippen molar-refractivity contribution in [3.8, 4) is 22.9 Å². The highest BCUT2D eigenvalue weighted by atomic mass is 16.5. The Hall–Kier alpha value is -3.42. The molecular formula is C21H24N6O2. The van der Waals surface area contributed by atoms with Crippen molar-refractivity contribution in [3.63, 3.8) is 0 Å². The molecule has 3 aromatic heterocycles. The zero-order valence-electron chi connectivity index (χ0n) is 17.2. The number of aromatic nitrogens is 6. The van der Waals surface area contributed by atoms with Crippen LogP contribution in [0.4, 0.5) is 0 Å². The summed E-state index contributed by atoms with van der Waals surface area (Å²) in [5, 5.41) is 9.26. The van der Waals surface area contributed by atoms with Crippen LogP contribution in [0, 0.1) is 0 Å². The van der Waals surface area contributed by atoms with Gasteiger partial charge in [0.05, 0.1) is 11.9 Å². The van der Waals surface area contributed by atoms with Gasteiger partial charge >= 0.3 is 6.01 Å². The van der Waals surface area contributed by atoms with Crippen molar-refractivity contribution in [2.75, 3.05) is 0 Å². The number of ether oxygens (including phenoxy) is 1.